The summed E-state index contributed by atoms with van der Waals surface area (Å²) >= 11 is 0. The molecule has 19 heavy (non-hydrogen) atoms. The minimum atomic E-state index is -0.166. The molecule has 0 radical (unpaired) electrons. The van der Waals surface area contributed by atoms with Gasteiger partial charge in [0.25, 0.3) is 0 Å². The van der Waals surface area contributed by atoms with E-state index in [0.717, 1.165) is 16.9 Å². The highest BCUT2D eigenvalue weighted by Gasteiger charge is 2.16. The van der Waals surface area contributed by atoms with Crippen LogP contribution >= 0.6 is 0 Å². The number of rotatable bonds is 6. The zero-order valence-corrected chi connectivity index (χ0v) is 12.1. The van der Waals surface area contributed by atoms with E-state index in [-0.39, 0.29) is 11.9 Å². The van der Waals surface area contributed by atoms with Gasteiger partial charge in [0.2, 0.25) is 0 Å². The van der Waals surface area contributed by atoms with Crippen molar-refractivity contribution in [3.8, 4) is 5.75 Å². The van der Waals surface area contributed by atoms with Crippen LogP contribution < -0.4 is 4.74 Å². The zero-order valence-electron chi connectivity index (χ0n) is 12.1. The smallest absolute Gasteiger partial charge is 0.306 e. The van der Waals surface area contributed by atoms with Gasteiger partial charge in [-0.3, -0.25) is 4.79 Å². The van der Waals surface area contributed by atoms with Crippen molar-refractivity contribution in [1.29, 1.82) is 0 Å². The van der Waals surface area contributed by atoms with Crippen molar-refractivity contribution in [2.24, 2.45) is 0 Å². The number of carbonyl (C=O) groups is 1. The van der Waals surface area contributed by atoms with E-state index < -0.39 is 0 Å². The summed E-state index contributed by atoms with van der Waals surface area (Å²) in [7, 11) is 1.65. The molecule has 3 nitrogen and oxygen atoms in total. The summed E-state index contributed by atoms with van der Waals surface area (Å²) in [5, 5.41) is 0. The summed E-state index contributed by atoms with van der Waals surface area (Å²) < 4.78 is 10.2. The molecule has 1 atom stereocenters. The highest BCUT2D eigenvalue weighted by Crippen LogP contribution is 2.28. The van der Waals surface area contributed by atoms with E-state index in [9.17, 15) is 4.79 Å². The Morgan fingerprint density at radius 3 is 2.68 bits per heavy atom. The number of ether oxygens (including phenoxy) is 2. The van der Waals surface area contributed by atoms with Crippen molar-refractivity contribution < 1.29 is 14.3 Å². The third kappa shape index (κ3) is 4.43. The fourth-order valence-corrected chi connectivity index (χ4v) is 2.10. The number of hydrogen-bond donors (Lipinski definition) is 0. The molecule has 1 aromatic carbocycles. The number of esters is 1. The Bertz CT molecular complexity index is 449. The summed E-state index contributed by atoms with van der Waals surface area (Å²) in [5.74, 6) is 0.715. The lowest BCUT2D eigenvalue weighted by Crippen LogP contribution is -2.10. The van der Waals surface area contributed by atoms with Crippen LogP contribution in [0.2, 0.25) is 0 Å². The van der Waals surface area contributed by atoms with Gasteiger partial charge in [0, 0.05) is 5.92 Å². The Morgan fingerprint density at radius 2 is 2.16 bits per heavy atom. The maximum Gasteiger partial charge on any atom is 0.306 e. The van der Waals surface area contributed by atoms with Crippen LogP contribution in [-0.4, -0.2) is 19.7 Å². The number of hydrogen-bond acceptors (Lipinski definition) is 3. The average Bonchev–Trinajstić information content (AvgIpc) is 2.38. The molecule has 0 aliphatic rings. The molecule has 0 fully saturated rings. The van der Waals surface area contributed by atoms with Gasteiger partial charge in [0.15, 0.2) is 0 Å². The third-order valence-electron chi connectivity index (χ3n) is 2.99. The molecule has 0 saturated heterocycles. The molecule has 1 unspecified atom stereocenters. The van der Waals surface area contributed by atoms with Crippen LogP contribution in [0.3, 0.4) is 0 Å². The van der Waals surface area contributed by atoms with Gasteiger partial charge in [0.05, 0.1) is 20.1 Å². The van der Waals surface area contributed by atoms with Gasteiger partial charge in [-0.25, -0.2) is 0 Å². The molecule has 0 aliphatic heterocycles. The monoisotopic (exact) mass is 262 g/mol. The van der Waals surface area contributed by atoms with Gasteiger partial charge >= 0.3 is 5.97 Å². The van der Waals surface area contributed by atoms with Crippen molar-refractivity contribution in [3.63, 3.8) is 0 Å². The van der Waals surface area contributed by atoms with Crippen molar-refractivity contribution in [1.82, 2.24) is 0 Å². The quantitative estimate of drug-likeness (QED) is 0.580. The first-order chi connectivity index (χ1) is 9.12. The van der Waals surface area contributed by atoms with Crippen LogP contribution in [-0.2, 0) is 9.53 Å². The van der Waals surface area contributed by atoms with Gasteiger partial charge in [-0.2, -0.15) is 0 Å². The largest absolute Gasteiger partial charge is 0.497 e. The normalized spacial score (nSPS) is 12.4. The van der Waals surface area contributed by atoms with Crippen LogP contribution in [0.1, 0.15) is 37.3 Å². The molecule has 0 spiro atoms. The first-order valence-electron chi connectivity index (χ1n) is 6.55. The maximum absolute atomic E-state index is 11.7. The first-order valence-corrected chi connectivity index (χ1v) is 6.55. The molecule has 0 amide bonds. The van der Waals surface area contributed by atoms with Crippen LogP contribution in [0, 0.1) is 6.92 Å². The second-order valence-electron chi connectivity index (χ2n) is 4.36. The number of allylic oxidation sites excluding steroid dienone is 2. The fourth-order valence-electron chi connectivity index (χ4n) is 2.10. The summed E-state index contributed by atoms with van der Waals surface area (Å²) in [5.41, 5.74) is 2.25. The van der Waals surface area contributed by atoms with Gasteiger partial charge in [-0.15, -0.1) is 0 Å². The second-order valence-corrected chi connectivity index (χ2v) is 4.36. The molecule has 0 heterocycles. The molecule has 1 rings (SSSR count). The van der Waals surface area contributed by atoms with E-state index in [2.05, 4.69) is 0 Å². The zero-order chi connectivity index (χ0) is 14.3. The molecule has 0 aromatic heterocycles. The minimum Gasteiger partial charge on any atom is -0.497 e. The van der Waals surface area contributed by atoms with Crippen molar-refractivity contribution >= 4 is 5.97 Å². The Labute approximate surface area is 115 Å². The molecule has 1 aromatic rings. The number of aryl methyl sites for hydroxylation is 1. The van der Waals surface area contributed by atoms with Crippen LogP contribution in [0.15, 0.2) is 30.4 Å². The number of carbonyl (C=O) groups excluding carboxylic acids is 1. The standard InChI is InChI=1S/C16H22O3/c1-5-7-13(11-16(17)19-6-2)15-9-8-14(18-4)10-12(15)3/h5,7-10,13H,6,11H2,1-4H3. The molecule has 3 heteroatoms. The summed E-state index contributed by atoms with van der Waals surface area (Å²) in [6.45, 7) is 6.22. The van der Waals surface area contributed by atoms with Crippen LogP contribution in [0.25, 0.3) is 0 Å². The lowest BCUT2D eigenvalue weighted by atomic mass is 9.91. The fraction of sp³-hybridized carbons (Fsp3) is 0.438. The second kappa shape index (κ2) is 7.62. The van der Waals surface area contributed by atoms with E-state index in [0.29, 0.717) is 13.0 Å². The topological polar surface area (TPSA) is 35.5 Å². The van der Waals surface area contributed by atoms with Crippen LogP contribution in [0.5, 0.6) is 5.75 Å². The van der Waals surface area contributed by atoms with Crippen molar-refractivity contribution in [3.05, 3.63) is 41.5 Å². The predicted molar refractivity (Wildman–Crippen MR) is 76.5 cm³/mol. The van der Waals surface area contributed by atoms with E-state index in [1.807, 2.05) is 51.1 Å². The predicted octanol–water partition coefficient (Wildman–Crippen LogP) is 3.62. The first kappa shape index (κ1) is 15.3. The van der Waals surface area contributed by atoms with Crippen molar-refractivity contribution in [2.75, 3.05) is 13.7 Å². The Balaban J connectivity index is 2.95. The van der Waals surface area contributed by atoms with E-state index in [1.54, 1.807) is 7.11 Å². The highest BCUT2D eigenvalue weighted by atomic mass is 16.5. The molecule has 0 N–H and O–H groups in total. The number of methoxy groups -OCH3 is 1. The molecular weight excluding hydrogens is 240 g/mol. The molecule has 104 valence electrons. The summed E-state index contributed by atoms with van der Waals surface area (Å²) in [6.07, 6.45) is 4.37. The van der Waals surface area contributed by atoms with Gasteiger partial charge in [0.1, 0.15) is 5.75 Å². The molecule has 0 aliphatic carbocycles. The average molecular weight is 262 g/mol. The number of benzene rings is 1. The van der Waals surface area contributed by atoms with E-state index in [4.69, 9.17) is 9.47 Å². The summed E-state index contributed by atoms with van der Waals surface area (Å²) in [6, 6.07) is 5.92. The maximum atomic E-state index is 11.7. The van der Waals surface area contributed by atoms with Gasteiger partial charge in [-0.05, 0) is 44.0 Å². The Kier molecular flexibility index (Phi) is 6.13. The van der Waals surface area contributed by atoms with Gasteiger partial charge in [-0.1, -0.05) is 18.2 Å². The Hall–Kier alpha value is -1.77. The highest BCUT2D eigenvalue weighted by molar-refractivity contribution is 5.71. The third-order valence-corrected chi connectivity index (χ3v) is 2.99. The lowest BCUT2D eigenvalue weighted by molar-refractivity contribution is -0.143. The molecule has 0 bridgehead atoms. The minimum absolute atomic E-state index is 0.0509. The SMILES string of the molecule is CC=CC(CC(=O)OCC)c1ccc(OC)cc1C. The Morgan fingerprint density at radius 1 is 1.42 bits per heavy atom. The van der Waals surface area contributed by atoms with E-state index in [1.165, 1.54) is 0 Å². The lowest BCUT2D eigenvalue weighted by Gasteiger charge is -2.16. The van der Waals surface area contributed by atoms with Gasteiger partial charge < -0.3 is 9.47 Å². The molecular formula is C16H22O3. The van der Waals surface area contributed by atoms with E-state index >= 15 is 0 Å². The van der Waals surface area contributed by atoms with Crippen molar-refractivity contribution in [2.45, 2.75) is 33.1 Å². The molecule has 0 saturated carbocycles. The van der Waals surface area contributed by atoms with Crippen LogP contribution in [0.4, 0.5) is 0 Å². The summed E-state index contributed by atoms with van der Waals surface area (Å²) in [4.78, 5) is 11.7.